The van der Waals surface area contributed by atoms with Crippen molar-refractivity contribution in [2.75, 3.05) is 6.61 Å². The van der Waals surface area contributed by atoms with Crippen LogP contribution >= 0.6 is 0 Å². The van der Waals surface area contributed by atoms with Crippen LogP contribution in [-0.2, 0) is 14.8 Å². The number of amides is 1. The SMILES string of the molecule is CCOc1ccc(O[C@H](C)C(=O)NNS(=O)(=O)c2cc(F)ccc2F)cc1. The number of hydrazine groups is 1. The van der Waals surface area contributed by atoms with E-state index in [1.165, 1.54) is 6.92 Å². The van der Waals surface area contributed by atoms with Crippen molar-refractivity contribution >= 4 is 15.9 Å². The zero-order valence-electron chi connectivity index (χ0n) is 14.5. The van der Waals surface area contributed by atoms with Gasteiger partial charge in [0.25, 0.3) is 15.9 Å². The number of benzene rings is 2. The molecule has 0 bridgehead atoms. The van der Waals surface area contributed by atoms with Crippen LogP contribution in [0.25, 0.3) is 0 Å². The first-order valence-corrected chi connectivity index (χ1v) is 9.37. The maximum absolute atomic E-state index is 13.6. The van der Waals surface area contributed by atoms with Gasteiger partial charge in [0.2, 0.25) is 0 Å². The fraction of sp³-hybridized carbons (Fsp3) is 0.235. The van der Waals surface area contributed by atoms with Crippen molar-refractivity contribution in [1.29, 1.82) is 0 Å². The normalized spacial score (nSPS) is 12.3. The Labute approximate surface area is 155 Å². The Morgan fingerprint density at radius 2 is 1.74 bits per heavy atom. The van der Waals surface area contributed by atoms with Crippen LogP contribution in [0.1, 0.15) is 13.8 Å². The van der Waals surface area contributed by atoms with Gasteiger partial charge in [-0.2, -0.15) is 0 Å². The van der Waals surface area contributed by atoms with Gasteiger partial charge in [0.1, 0.15) is 28.0 Å². The van der Waals surface area contributed by atoms with Crippen molar-refractivity contribution in [3.05, 3.63) is 54.1 Å². The molecule has 0 aliphatic rings. The molecule has 0 saturated carbocycles. The summed E-state index contributed by atoms with van der Waals surface area (Å²) in [5, 5.41) is 0. The van der Waals surface area contributed by atoms with Crippen LogP contribution in [0.5, 0.6) is 11.5 Å². The molecule has 2 N–H and O–H groups in total. The number of carbonyl (C=O) groups is 1. The van der Waals surface area contributed by atoms with Crippen LogP contribution in [0, 0.1) is 11.6 Å². The minimum Gasteiger partial charge on any atom is -0.494 e. The van der Waals surface area contributed by atoms with Gasteiger partial charge in [0, 0.05) is 0 Å². The zero-order valence-corrected chi connectivity index (χ0v) is 15.3. The maximum atomic E-state index is 13.6. The molecule has 27 heavy (non-hydrogen) atoms. The fourth-order valence-electron chi connectivity index (χ4n) is 2.00. The predicted octanol–water partition coefficient (Wildman–Crippen LogP) is 2.14. The standard InChI is InChI=1S/C17H18F2N2O5S/c1-3-25-13-5-7-14(8-6-13)26-11(2)17(22)20-21-27(23,24)16-10-12(18)4-9-15(16)19/h4-11,21H,3H2,1-2H3,(H,20,22)/t11-/m1/s1. The molecular formula is C17H18F2N2O5S. The van der Waals surface area contributed by atoms with Crippen LogP contribution in [0.3, 0.4) is 0 Å². The number of halogens is 2. The highest BCUT2D eigenvalue weighted by molar-refractivity contribution is 7.89. The maximum Gasteiger partial charge on any atom is 0.275 e. The molecule has 0 radical (unpaired) electrons. The molecule has 7 nitrogen and oxygen atoms in total. The lowest BCUT2D eigenvalue weighted by Gasteiger charge is -2.15. The van der Waals surface area contributed by atoms with Gasteiger partial charge >= 0.3 is 0 Å². The van der Waals surface area contributed by atoms with E-state index in [0.29, 0.717) is 30.2 Å². The largest absolute Gasteiger partial charge is 0.494 e. The molecule has 2 aromatic rings. The first-order chi connectivity index (χ1) is 12.7. The summed E-state index contributed by atoms with van der Waals surface area (Å²) in [5.74, 6) is -1.93. The summed E-state index contributed by atoms with van der Waals surface area (Å²) in [6, 6.07) is 8.42. The average molecular weight is 400 g/mol. The highest BCUT2D eigenvalue weighted by Crippen LogP contribution is 2.19. The van der Waals surface area contributed by atoms with Gasteiger partial charge < -0.3 is 9.47 Å². The molecule has 0 fully saturated rings. The molecule has 0 aliphatic carbocycles. The molecule has 0 unspecified atom stereocenters. The van der Waals surface area contributed by atoms with E-state index in [9.17, 15) is 22.0 Å². The smallest absolute Gasteiger partial charge is 0.275 e. The van der Waals surface area contributed by atoms with Gasteiger partial charge in [-0.15, -0.1) is 4.83 Å². The highest BCUT2D eigenvalue weighted by atomic mass is 32.2. The summed E-state index contributed by atoms with van der Waals surface area (Å²) in [6.45, 7) is 3.74. The summed E-state index contributed by atoms with van der Waals surface area (Å²) < 4.78 is 61.4. The zero-order chi connectivity index (χ0) is 20.0. The summed E-state index contributed by atoms with van der Waals surface area (Å²) in [4.78, 5) is 12.8. The van der Waals surface area contributed by atoms with Crippen molar-refractivity contribution in [2.45, 2.75) is 24.8 Å². The summed E-state index contributed by atoms with van der Waals surface area (Å²) in [7, 11) is -4.50. The lowest BCUT2D eigenvalue weighted by Crippen LogP contribution is -2.47. The summed E-state index contributed by atoms with van der Waals surface area (Å²) in [6.07, 6.45) is -1.07. The molecule has 10 heteroatoms. The van der Waals surface area contributed by atoms with Crippen molar-refractivity contribution in [1.82, 2.24) is 10.3 Å². The number of rotatable bonds is 8. The monoisotopic (exact) mass is 400 g/mol. The Morgan fingerprint density at radius 1 is 1.11 bits per heavy atom. The molecule has 2 aromatic carbocycles. The number of sulfonamides is 1. The van der Waals surface area contributed by atoms with E-state index >= 15 is 0 Å². The van der Waals surface area contributed by atoms with E-state index in [0.717, 1.165) is 6.07 Å². The third-order valence-corrected chi connectivity index (χ3v) is 4.57. The van der Waals surface area contributed by atoms with Gasteiger partial charge in [0.15, 0.2) is 6.10 Å². The van der Waals surface area contributed by atoms with Crippen molar-refractivity contribution in [3.8, 4) is 11.5 Å². The molecule has 1 atom stereocenters. The van der Waals surface area contributed by atoms with Crippen LogP contribution in [-0.4, -0.2) is 27.0 Å². The first-order valence-electron chi connectivity index (χ1n) is 7.89. The second kappa shape index (κ2) is 8.78. The second-order valence-corrected chi connectivity index (χ2v) is 6.98. The van der Waals surface area contributed by atoms with Crippen LogP contribution in [0.4, 0.5) is 8.78 Å². The van der Waals surface area contributed by atoms with Crippen molar-refractivity contribution in [2.24, 2.45) is 0 Å². The summed E-state index contributed by atoms with van der Waals surface area (Å²) in [5.41, 5.74) is 1.90. The number of hydrogen-bond donors (Lipinski definition) is 2. The quantitative estimate of drug-likeness (QED) is 0.663. The number of hydrogen-bond acceptors (Lipinski definition) is 5. The predicted molar refractivity (Wildman–Crippen MR) is 92.5 cm³/mol. The molecule has 2 rings (SSSR count). The van der Waals surface area contributed by atoms with Crippen molar-refractivity contribution < 1.29 is 31.5 Å². The Hall–Kier alpha value is -2.72. The summed E-state index contributed by atoms with van der Waals surface area (Å²) >= 11 is 0. The van der Waals surface area contributed by atoms with Gasteiger partial charge in [-0.25, -0.2) is 17.2 Å². The molecule has 0 spiro atoms. The lowest BCUT2D eigenvalue weighted by molar-refractivity contribution is -0.127. The lowest BCUT2D eigenvalue weighted by atomic mass is 10.3. The van der Waals surface area contributed by atoms with Gasteiger partial charge in [-0.05, 0) is 56.3 Å². The molecule has 0 aliphatic heterocycles. The molecule has 1 amide bonds. The Balaban J connectivity index is 1.96. The van der Waals surface area contributed by atoms with Gasteiger partial charge in [0.05, 0.1) is 6.61 Å². The van der Waals surface area contributed by atoms with Crippen LogP contribution < -0.4 is 19.7 Å². The third-order valence-electron chi connectivity index (χ3n) is 3.31. The van der Waals surface area contributed by atoms with E-state index < -0.39 is 38.6 Å². The van der Waals surface area contributed by atoms with Gasteiger partial charge in [-0.3, -0.25) is 10.2 Å². The van der Waals surface area contributed by atoms with Crippen molar-refractivity contribution in [3.63, 3.8) is 0 Å². The minimum absolute atomic E-state index is 0.361. The highest BCUT2D eigenvalue weighted by Gasteiger charge is 2.22. The molecule has 0 heterocycles. The van der Waals surface area contributed by atoms with Crippen LogP contribution in [0.15, 0.2) is 47.4 Å². The first kappa shape index (κ1) is 20.6. The Bertz CT molecular complexity index is 904. The molecule has 0 saturated heterocycles. The third kappa shape index (κ3) is 5.63. The van der Waals surface area contributed by atoms with Gasteiger partial charge in [-0.1, -0.05) is 0 Å². The van der Waals surface area contributed by atoms with E-state index in [1.807, 2.05) is 12.3 Å². The molecular weight excluding hydrogens is 382 g/mol. The van der Waals surface area contributed by atoms with E-state index in [1.54, 1.807) is 29.1 Å². The topological polar surface area (TPSA) is 93.7 Å². The minimum atomic E-state index is -4.50. The van der Waals surface area contributed by atoms with E-state index in [4.69, 9.17) is 9.47 Å². The Kier molecular flexibility index (Phi) is 6.70. The molecule has 0 aromatic heterocycles. The average Bonchev–Trinajstić information content (AvgIpc) is 2.63. The van der Waals surface area contributed by atoms with E-state index in [2.05, 4.69) is 0 Å². The number of carbonyl (C=O) groups excluding carboxylic acids is 1. The fourth-order valence-corrected chi connectivity index (χ4v) is 2.93. The number of ether oxygens (including phenoxy) is 2. The second-order valence-electron chi connectivity index (χ2n) is 5.33. The van der Waals surface area contributed by atoms with Crippen LogP contribution in [0.2, 0.25) is 0 Å². The molecule has 146 valence electrons. The van der Waals surface area contributed by atoms with E-state index in [-0.39, 0.29) is 0 Å². The number of nitrogens with one attached hydrogen (secondary N) is 2. The Morgan fingerprint density at radius 3 is 2.37 bits per heavy atom.